The van der Waals surface area contributed by atoms with Gasteiger partial charge >= 0.3 is 6.18 Å². The summed E-state index contributed by atoms with van der Waals surface area (Å²) in [5.74, 6) is -5.21. The van der Waals surface area contributed by atoms with Gasteiger partial charge in [-0.25, -0.2) is 9.38 Å². The Morgan fingerprint density at radius 3 is 2.28 bits per heavy atom. The van der Waals surface area contributed by atoms with Crippen molar-refractivity contribution in [3.05, 3.63) is 53.6 Å². The summed E-state index contributed by atoms with van der Waals surface area (Å²) in [4.78, 5) is 49.1. The van der Waals surface area contributed by atoms with Crippen molar-refractivity contribution >= 4 is 35.3 Å². The molecule has 4 rings (SSSR count). The number of hydrogen-bond acceptors (Lipinski definition) is 6. The predicted octanol–water partition coefficient (Wildman–Crippen LogP) is 4.60. The molecule has 3 heterocycles. The van der Waals surface area contributed by atoms with Crippen LogP contribution in [0.2, 0.25) is 0 Å². The number of anilines is 2. The molecule has 230 valence electrons. The number of carbonyl (C=O) groups is 3. The highest BCUT2D eigenvalue weighted by atomic mass is 19.4. The maximum Gasteiger partial charge on any atom is 0.414 e. The third-order valence-electron chi connectivity index (χ3n) is 7.42. The van der Waals surface area contributed by atoms with Gasteiger partial charge in [0.05, 0.1) is 22.5 Å². The second-order valence-electron chi connectivity index (χ2n) is 12.0. The standard InChI is InChI=1S/C30H34F4N6O3/c1-16-14-40(15-17(2)39(16)6)25-10-23(31)20(18-7-19(12-35-11-18)27(42)38-29(3,4)5)8-24(25)37-28(43)21-13-36-26(41)9-22(21)30(32,33)34/h7-13,16-17,21H,14-15H2,1-6H3,(H,37,43)(H,38,42)/t16-,17+,21?. The largest absolute Gasteiger partial charge is 0.414 e. The van der Waals surface area contributed by atoms with Crippen LogP contribution in [-0.4, -0.2) is 77.8 Å². The van der Waals surface area contributed by atoms with Crippen LogP contribution in [0.1, 0.15) is 45.0 Å². The molecule has 0 radical (unpaired) electrons. The van der Waals surface area contributed by atoms with E-state index in [1.807, 2.05) is 46.6 Å². The molecule has 1 aromatic heterocycles. The van der Waals surface area contributed by atoms with Gasteiger partial charge in [0.1, 0.15) is 11.7 Å². The van der Waals surface area contributed by atoms with E-state index in [-0.39, 0.29) is 40.1 Å². The van der Waals surface area contributed by atoms with Gasteiger partial charge in [-0.2, -0.15) is 13.2 Å². The van der Waals surface area contributed by atoms with Crippen molar-refractivity contribution in [2.24, 2.45) is 10.9 Å². The summed E-state index contributed by atoms with van der Waals surface area (Å²) in [5.41, 5.74) is -1.18. The van der Waals surface area contributed by atoms with E-state index in [0.29, 0.717) is 25.4 Å². The normalized spacial score (nSPS) is 21.4. The van der Waals surface area contributed by atoms with Gasteiger partial charge in [0.2, 0.25) is 5.91 Å². The number of rotatable bonds is 5. The molecule has 1 fully saturated rings. The average molecular weight is 603 g/mol. The molecule has 43 heavy (non-hydrogen) atoms. The minimum atomic E-state index is -4.96. The molecule has 0 saturated carbocycles. The van der Waals surface area contributed by atoms with Crippen molar-refractivity contribution in [2.45, 2.75) is 58.4 Å². The number of benzene rings is 1. The van der Waals surface area contributed by atoms with E-state index >= 15 is 4.39 Å². The number of piperazine rings is 1. The number of dihydropyridines is 1. The van der Waals surface area contributed by atoms with Gasteiger partial charge in [0, 0.05) is 66.5 Å². The number of aliphatic imine (C=N–C) groups is 1. The van der Waals surface area contributed by atoms with Crippen LogP contribution in [0.15, 0.2) is 47.2 Å². The van der Waals surface area contributed by atoms with Gasteiger partial charge < -0.3 is 15.5 Å². The van der Waals surface area contributed by atoms with Gasteiger partial charge in [0.25, 0.3) is 11.8 Å². The highest BCUT2D eigenvalue weighted by Crippen LogP contribution is 2.38. The quantitative estimate of drug-likeness (QED) is 0.485. The van der Waals surface area contributed by atoms with Crippen LogP contribution >= 0.6 is 0 Å². The monoisotopic (exact) mass is 602 g/mol. The Morgan fingerprint density at radius 1 is 1.02 bits per heavy atom. The number of nitrogens with one attached hydrogen (secondary N) is 2. The van der Waals surface area contributed by atoms with E-state index < -0.39 is 46.7 Å². The van der Waals surface area contributed by atoms with Crippen molar-refractivity contribution < 1.29 is 31.9 Å². The molecule has 1 unspecified atom stereocenters. The van der Waals surface area contributed by atoms with E-state index in [9.17, 15) is 27.6 Å². The smallest absolute Gasteiger partial charge is 0.367 e. The summed E-state index contributed by atoms with van der Waals surface area (Å²) in [6.07, 6.45) is -1.32. The molecule has 2 aromatic rings. The fourth-order valence-electron chi connectivity index (χ4n) is 5.04. The van der Waals surface area contributed by atoms with Crippen LogP contribution in [0.3, 0.4) is 0 Å². The van der Waals surface area contributed by atoms with Crippen LogP contribution in [0, 0.1) is 11.7 Å². The lowest BCUT2D eigenvalue weighted by Gasteiger charge is -2.44. The zero-order chi connectivity index (χ0) is 31.9. The minimum Gasteiger partial charge on any atom is -0.367 e. The zero-order valence-electron chi connectivity index (χ0n) is 24.7. The van der Waals surface area contributed by atoms with Gasteiger partial charge in [0.15, 0.2) is 0 Å². The molecule has 2 aliphatic heterocycles. The number of halogens is 4. The van der Waals surface area contributed by atoms with Crippen molar-refractivity contribution in [1.29, 1.82) is 0 Å². The minimum absolute atomic E-state index is 0.0220. The lowest BCUT2D eigenvalue weighted by Crippen LogP contribution is -2.55. The third-order valence-corrected chi connectivity index (χ3v) is 7.42. The Bertz CT molecular complexity index is 1490. The Hall–Kier alpha value is -4.13. The molecule has 0 aliphatic carbocycles. The lowest BCUT2D eigenvalue weighted by atomic mass is 9.95. The number of hydrogen-bond donors (Lipinski definition) is 2. The van der Waals surface area contributed by atoms with Crippen molar-refractivity contribution in [1.82, 2.24) is 15.2 Å². The van der Waals surface area contributed by atoms with Gasteiger partial charge in [-0.3, -0.25) is 24.3 Å². The SMILES string of the molecule is C[C@@H]1CN(c2cc(F)c(-c3cncc(C(=O)NC(C)(C)C)c3)cc2NC(=O)C2C=NC(=O)C=C2C(F)(F)F)C[C@H](C)N1C. The summed E-state index contributed by atoms with van der Waals surface area (Å²) in [7, 11) is 1.96. The van der Waals surface area contributed by atoms with E-state index in [0.717, 1.165) is 0 Å². The van der Waals surface area contributed by atoms with Crippen LogP contribution in [0.25, 0.3) is 11.1 Å². The maximum atomic E-state index is 15.8. The number of likely N-dealkylation sites (N-methyl/N-ethyl adjacent to an activating group) is 1. The predicted molar refractivity (Wildman–Crippen MR) is 156 cm³/mol. The maximum absolute atomic E-state index is 15.8. The molecular weight excluding hydrogens is 568 g/mol. The first kappa shape index (κ1) is 31.8. The average Bonchev–Trinajstić information content (AvgIpc) is 2.90. The molecular formula is C30H34F4N6O3. The number of amides is 3. The lowest BCUT2D eigenvalue weighted by molar-refractivity contribution is -0.124. The fourth-order valence-corrected chi connectivity index (χ4v) is 5.04. The summed E-state index contributed by atoms with van der Waals surface area (Å²) in [5, 5.41) is 5.35. The molecule has 13 heteroatoms. The van der Waals surface area contributed by atoms with Crippen molar-refractivity contribution in [3.8, 4) is 11.1 Å². The fraction of sp³-hybridized carbons (Fsp3) is 0.433. The van der Waals surface area contributed by atoms with Crippen molar-refractivity contribution in [3.63, 3.8) is 0 Å². The molecule has 3 amide bonds. The second kappa shape index (κ2) is 11.9. The van der Waals surface area contributed by atoms with E-state index in [2.05, 4.69) is 25.5 Å². The number of carbonyl (C=O) groups excluding carboxylic acids is 3. The van der Waals surface area contributed by atoms with Crippen molar-refractivity contribution in [2.75, 3.05) is 30.4 Å². The topological polar surface area (TPSA) is 107 Å². The number of aromatic nitrogens is 1. The second-order valence-corrected chi connectivity index (χ2v) is 12.0. The molecule has 1 saturated heterocycles. The first-order valence-electron chi connectivity index (χ1n) is 13.7. The molecule has 2 aliphatic rings. The van der Waals surface area contributed by atoms with Crippen LogP contribution in [0.5, 0.6) is 0 Å². The Labute approximate surface area is 247 Å². The molecule has 1 aromatic carbocycles. The summed E-state index contributed by atoms with van der Waals surface area (Å²) >= 11 is 0. The number of alkyl halides is 3. The first-order valence-corrected chi connectivity index (χ1v) is 13.7. The molecule has 9 nitrogen and oxygen atoms in total. The van der Waals surface area contributed by atoms with E-state index in [1.54, 1.807) is 0 Å². The van der Waals surface area contributed by atoms with Gasteiger partial charge in [-0.1, -0.05) is 0 Å². The Morgan fingerprint density at radius 2 is 1.67 bits per heavy atom. The molecule has 0 spiro atoms. The third kappa shape index (κ3) is 7.27. The molecule has 3 atom stereocenters. The van der Waals surface area contributed by atoms with Crippen LogP contribution in [-0.2, 0) is 9.59 Å². The van der Waals surface area contributed by atoms with E-state index in [4.69, 9.17) is 0 Å². The zero-order valence-corrected chi connectivity index (χ0v) is 24.7. The number of pyridine rings is 1. The Balaban J connectivity index is 1.78. The molecule has 2 N–H and O–H groups in total. The summed E-state index contributed by atoms with van der Waals surface area (Å²) < 4.78 is 57.0. The summed E-state index contributed by atoms with van der Waals surface area (Å²) in [6.45, 7) is 10.3. The first-order chi connectivity index (χ1) is 19.9. The summed E-state index contributed by atoms with van der Waals surface area (Å²) in [6, 6.07) is 4.08. The highest BCUT2D eigenvalue weighted by molar-refractivity contribution is 6.11. The van der Waals surface area contributed by atoms with Gasteiger partial charge in [-0.15, -0.1) is 0 Å². The van der Waals surface area contributed by atoms with Gasteiger partial charge in [-0.05, 0) is 59.9 Å². The van der Waals surface area contributed by atoms with E-state index in [1.165, 1.54) is 30.6 Å². The molecule has 0 bridgehead atoms. The Kier molecular flexibility index (Phi) is 8.77. The van der Waals surface area contributed by atoms with Crippen LogP contribution in [0.4, 0.5) is 28.9 Å². The highest BCUT2D eigenvalue weighted by Gasteiger charge is 2.43. The van der Waals surface area contributed by atoms with Crippen LogP contribution < -0.4 is 15.5 Å². The number of nitrogens with zero attached hydrogens (tertiary/aromatic N) is 4.